The third kappa shape index (κ3) is 4.53. The molecule has 1 fully saturated rings. The minimum Gasteiger partial charge on any atom is -0.389 e. The molecule has 0 aliphatic heterocycles. The van der Waals surface area contributed by atoms with Crippen LogP contribution >= 0.6 is 11.8 Å². The number of rotatable bonds is 5. The quantitative estimate of drug-likeness (QED) is 0.820. The van der Waals surface area contributed by atoms with Gasteiger partial charge in [0.05, 0.1) is 12.0 Å². The number of hydrogen-bond acceptors (Lipinski definition) is 3. The van der Waals surface area contributed by atoms with Gasteiger partial charge in [0.2, 0.25) is 5.91 Å². The molecule has 2 rings (SSSR count). The zero-order valence-corrected chi connectivity index (χ0v) is 12.8. The van der Waals surface area contributed by atoms with Crippen molar-refractivity contribution in [3.8, 4) is 0 Å². The number of hydrogen-bond donors (Lipinski definition) is 2. The first-order valence-electron chi connectivity index (χ1n) is 7.23. The molecular formula is C16H23NO2S. The maximum absolute atomic E-state index is 11.9. The summed E-state index contributed by atoms with van der Waals surface area (Å²) in [5.74, 6) is -0.0525. The molecule has 0 saturated heterocycles. The van der Waals surface area contributed by atoms with E-state index in [0.29, 0.717) is 6.54 Å². The predicted octanol–water partition coefficient (Wildman–Crippen LogP) is 3.11. The zero-order valence-electron chi connectivity index (χ0n) is 12.0. The number of carbonyl (C=O) groups is 1. The first-order chi connectivity index (χ1) is 9.61. The molecule has 1 amide bonds. The van der Waals surface area contributed by atoms with Gasteiger partial charge in [0.1, 0.15) is 0 Å². The second-order valence-electron chi connectivity index (χ2n) is 5.59. The van der Waals surface area contributed by atoms with Crippen molar-refractivity contribution < 1.29 is 9.90 Å². The molecule has 1 aromatic carbocycles. The van der Waals surface area contributed by atoms with E-state index in [4.69, 9.17) is 0 Å². The fourth-order valence-electron chi connectivity index (χ4n) is 2.69. The summed E-state index contributed by atoms with van der Waals surface area (Å²) in [5.41, 5.74) is 0.317. The Balaban J connectivity index is 1.79. The molecule has 20 heavy (non-hydrogen) atoms. The van der Waals surface area contributed by atoms with Crippen LogP contribution in [0.3, 0.4) is 0 Å². The van der Waals surface area contributed by atoms with Crippen molar-refractivity contribution >= 4 is 17.7 Å². The highest BCUT2D eigenvalue weighted by Gasteiger charge is 2.31. The Bertz CT molecular complexity index is 438. The van der Waals surface area contributed by atoms with Gasteiger partial charge in [-0.1, -0.05) is 31.4 Å². The first kappa shape index (κ1) is 15.4. The van der Waals surface area contributed by atoms with E-state index in [1.165, 1.54) is 11.3 Å². The minimum absolute atomic E-state index is 0.0525. The molecule has 0 radical (unpaired) electrons. The van der Waals surface area contributed by atoms with Crippen molar-refractivity contribution in [1.82, 2.24) is 5.32 Å². The molecular weight excluding hydrogens is 270 g/mol. The van der Waals surface area contributed by atoms with Crippen LogP contribution in [0, 0.1) is 0 Å². The van der Waals surface area contributed by atoms with Crippen molar-refractivity contribution in [2.45, 2.75) is 55.6 Å². The molecule has 0 bridgehead atoms. The van der Waals surface area contributed by atoms with Gasteiger partial charge in [-0.25, -0.2) is 0 Å². The lowest BCUT2D eigenvalue weighted by Gasteiger charge is -2.31. The molecule has 2 N–H and O–H groups in total. The van der Waals surface area contributed by atoms with Crippen LogP contribution in [0.5, 0.6) is 0 Å². The molecule has 1 saturated carbocycles. The van der Waals surface area contributed by atoms with Crippen molar-refractivity contribution in [1.29, 1.82) is 0 Å². The molecule has 0 aromatic heterocycles. The number of aliphatic hydroxyl groups is 1. The third-order valence-electron chi connectivity index (χ3n) is 3.92. The van der Waals surface area contributed by atoms with Crippen LogP contribution in [-0.4, -0.2) is 22.9 Å². The summed E-state index contributed by atoms with van der Waals surface area (Å²) < 4.78 is 0. The van der Waals surface area contributed by atoms with Crippen LogP contribution in [0.2, 0.25) is 0 Å². The maximum Gasteiger partial charge on any atom is 0.223 e. The number of amides is 1. The number of carbonyl (C=O) groups excluding carboxylic acids is 1. The summed E-state index contributed by atoms with van der Waals surface area (Å²) in [6.07, 6.45) is 7.01. The highest BCUT2D eigenvalue weighted by Crippen LogP contribution is 2.30. The van der Waals surface area contributed by atoms with Gasteiger partial charge < -0.3 is 10.4 Å². The fraction of sp³-hybridized carbons (Fsp3) is 0.562. The van der Waals surface area contributed by atoms with Crippen molar-refractivity contribution in [3.63, 3.8) is 0 Å². The van der Waals surface area contributed by atoms with Crippen molar-refractivity contribution in [2.75, 3.05) is 6.26 Å². The van der Waals surface area contributed by atoms with Gasteiger partial charge in [-0.05, 0) is 36.8 Å². The lowest BCUT2D eigenvalue weighted by molar-refractivity contribution is -0.127. The van der Waals surface area contributed by atoms with E-state index in [1.807, 2.05) is 18.4 Å². The Kier molecular flexibility index (Phi) is 5.49. The lowest BCUT2D eigenvalue weighted by atomic mass is 9.82. The molecule has 110 valence electrons. The molecule has 0 atom stereocenters. The Hall–Kier alpha value is -1.00. The third-order valence-corrected chi connectivity index (χ3v) is 4.67. The number of nitrogens with one attached hydrogen (secondary N) is 1. The average molecular weight is 293 g/mol. The molecule has 3 nitrogen and oxygen atoms in total. The monoisotopic (exact) mass is 293 g/mol. The lowest BCUT2D eigenvalue weighted by Crippen LogP contribution is -2.38. The highest BCUT2D eigenvalue weighted by molar-refractivity contribution is 7.98. The zero-order chi connectivity index (χ0) is 14.4. The second-order valence-corrected chi connectivity index (χ2v) is 6.47. The molecule has 0 heterocycles. The van der Waals surface area contributed by atoms with E-state index < -0.39 is 5.60 Å². The normalized spacial score (nSPS) is 17.7. The Morgan fingerprint density at radius 3 is 2.50 bits per heavy atom. The van der Waals surface area contributed by atoms with Gasteiger partial charge in [0, 0.05) is 11.4 Å². The van der Waals surface area contributed by atoms with Gasteiger partial charge in [0.15, 0.2) is 0 Å². The fourth-order valence-corrected chi connectivity index (χ4v) is 3.10. The first-order valence-corrected chi connectivity index (χ1v) is 8.46. The van der Waals surface area contributed by atoms with Gasteiger partial charge in [0.25, 0.3) is 0 Å². The molecule has 0 unspecified atom stereocenters. The van der Waals surface area contributed by atoms with Crippen molar-refractivity contribution in [3.05, 3.63) is 29.8 Å². The second kappa shape index (κ2) is 7.14. The smallest absolute Gasteiger partial charge is 0.223 e. The Morgan fingerprint density at radius 1 is 1.25 bits per heavy atom. The standard InChI is InChI=1S/C16H23NO2S/c1-20-14-7-5-13(6-8-14)12-17-15(18)11-16(19)9-3-2-4-10-16/h5-8,19H,2-4,9-12H2,1H3,(H,17,18). The summed E-state index contributed by atoms with van der Waals surface area (Å²) >= 11 is 1.70. The SMILES string of the molecule is CSc1ccc(CNC(=O)CC2(O)CCCCC2)cc1. The molecule has 1 aliphatic rings. The van der Waals surface area contributed by atoms with Crippen LogP contribution in [0.4, 0.5) is 0 Å². The summed E-state index contributed by atoms with van der Waals surface area (Å²) in [6.45, 7) is 0.531. The molecule has 1 aromatic rings. The largest absolute Gasteiger partial charge is 0.389 e. The van der Waals surface area contributed by atoms with Gasteiger partial charge in [-0.15, -0.1) is 11.8 Å². The van der Waals surface area contributed by atoms with Gasteiger partial charge >= 0.3 is 0 Å². The van der Waals surface area contributed by atoms with E-state index >= 15 is 0 Å². The van der Waals surface area contributed by atoms with Gasteiger partial charge in [-0.2, -0.15) is 0 Å². The highest BCUT2D eigenvalue weighted by atomic mass is 32.2. The number of benzene rings is 1. The van der Waals surface area contributed by atoms with E-state index in [9.17, 15) is 9.90 Å². The summed E-state index contributed by atoms with van der Waals surface area (Å²) in [7, 11) is 0. The Labute approximate surface area is 125 Å². The van der Waals surface area contributed by atoms with Crippen LogP contribution < -0.4 is 5.32 Å². The average Bonchev–Trinajstić information content (AvgIpc) is 2.46. The Morgan fingerprint density at radius 2 is 1.90 bits per heavy atom. The van der Waals surface area contributed by atoms with Crippen LogP contribution in [0.1, 0.15) is 44.1 Å². The summed E-state index contributed by atoms with van der Waals surface area (Å²) in [5, 5.41) is 13.2. The van der Waals surface area contributed by atoms with E-state index in [2.05, 4.69) is 17.4 Å². The van der Waals surface area contributed by atoms with Crippen LogP contribution in [-0.2, 0) is 11.3 Å². The summed E-state index contributed by atoms with van der Waals surface area (Å²) in [4.78, 5) is 13.2. The molecule has 4 heteroatoms. The van der Waals surface area contributed by atoms with E-state index in [0.717, 1.165) is 31.2 Å². The maximum atomic E-state index is 11.9. The van der Waals surface area contributed by atoms with Crippen LogP contribution in [0.25, 0.3) is 0 Å². The van der Waals surface area contributed by atoms with E-state index in [-0.39, 0.29) is 12.3 Å². The topological polar surface area (TPSA) is 49.3 Å². The van der Waals surface area contributed by atoms with Gasteiger partial charge in [-0.3, -0.25) is 4.79 Å². The molecule has 1 aliphatic carbocycles. The predicted molar refractivity (Wildman–Crippen MR) is 82.7 cm³/mol. The number of thioether (sulfide) groups is 1. The van der Waals surface area contributed by atoms with Crippen LogP contribution in [0.15, 0.2) is 29.2 Å². The minimum atomic E-state index is -0.773. The van der Waals surface area contributed by atoms with E-state index in [1.54, 1.807) is 11.8 Å². The molecule has 0 spiro atoms. The summed E-state index contributed by atoms with van der Waals surface area (Å²) in [6, 6.07) is 8.17. The van der Waals surface area contributed by atoms with Crippen molar-refractivity contribution in [2.24, 2.45) is 0 Å².